The van der Waals surface area contributed by atoms with Crippen molar-refractivity contribution in [3.8, 4) is 0 Å². The standard InChI is InChI=1S/C12H18F3N3/c1-18(8-4-2-3-6-16)11-9-10(5-7-17-11)12(13,14)15/h5,7,9H,2-4,6,8,16H2,1H3. The maximum atomic E-state index is 12.5. The van der Waals surface area contributed by atoms with Crippen LogP contribution in [0.4, 0.5) is 19.0 Å². The molecule has 1 aromatic heterocycles. The van der Waals surface area contributed by atoms with E-state index < -0.39 is 11.7 Å². The summed E-state index contributed by atoms with van der Waals surface area (Å²) in [6.07, 6.45) is -0.331. The molecule has 1 heterocycles. The van der Waals surface area contributed by atoms with Gasteiger partial charge in [0.25, 0.3) is 0 Å². The Hall–Kier alpha value is -1.30. The van der Waals surface area contributed by atoms with Gasteiger partial charge < -0.3 is 10.6 Å². The van der Waals surface area contributed by atoms with E-state index in [1.54, 1.807) is 11.9 Å². The Balaban J connectivity index is 2.60. The van der Waals surface area contributed by atoms with E-state index >= 15 is 0 Å². The summed E-state index contributed by atoms with van der Waals surface area (Å²) in [4.78, 5) is 5.68. The fourth-order valence-corrected chi connectivity index (χ4v) is 1.59. The number of alkyl halides is 3. The van der Waals surface area contributed by atoms with Gasteiger partial charge in [-0.1, -0.05) is 6.42 Å². The van der Waals surface area contributed by atoms with Gasteiger partial charge in [0.1, 0.15) is 5.82 Å². The average molecular weight is 261 g/mol. The molecule has 102 valence electrons. The van der Waals surface area contributed by atoms with Gasteiger partial charge in [-0.2, -0.15) is 13.2 Å². The number of pyridine rings is 1. The summed E-state index contributed by atoms with van der Waals surface area (Å²) < 4.78 is 37.6. The Bertz CT molecular complexity index is 366. The summed E-state index contributed by atoms with van der Waals surface area (Å²) >= 11 is 0. The summed E-state index contributed by atoms with van der Waals surface area (Å²) in [5.74, 6) is 0.345. The van der Waals surface area contributed by atoms with Crippen molar-refractivity contribution in [2.75, 3.05) is 25.0 Å². The fraction of sp³-hybridized carbons (Fsp3) is 0.583. The second kappa shape index (κ2) is 6.58. The molecular formula is C12H18F3N3. The van der Waals surface area contributed by atoms with Crippen LogP contribution in [0.1, 0.15) is 24.8 Å². The second-order valence-electron chi connectivity index (χ2n) is 4.17. The lowest BCUT2D eigenvalue weighted by Crippen LogP contribution is -2.20. The molecular weight excluding hydrogens is 243 g/mol. The second-order valence-corrected chi connectivity index (χ2v) is 4.17. The molecule has 0 amide bonds. The smallest absolute Gasteiger partial charge is 0.360 e. The van der Waals surface area contributed by atoms with Crippen LogP contribution in [0.3, 0.4) is 0 Å². The van der Waals surface area contributed by atoms with E-state index in [9.17, 15) is 13.2 Å². The molecule has 0 bridgehead atoms. The minimum absolute atomic E-state index is 0.345. The van der Waals surface area contributed by atoms with Crippen LogP contribution < -0.4 is 10.6 Å². The number of unbranched alkanes of at least 4 members (excludes halogenated alkanes) is 2. The molecule has 18 heavy (non-hydrogen) atoms. The Kier molecular flexibility index (Phi) is 5.40. The molecule has 1 rings (SSSR count). The minimum Gasteiger partial charge on any atom is -0.360 e. The van der Waals surface area contributed by atoms with E-state index in [-0.39, 0.29) is 0 Å². The normalized spacial score (nSPS) is 11.6. The number of hydrogen-bond donors (Lipinski definition) is 1. The van der Waals surface area contributed by atoms with Gasteiger partial charge in [-0.3, -0.25) is 0 Å². The SMILES string of the molecule is CN(CCCCCN)c1cc(C(F)(F)F)ccn1. The van der Waals surface area contributed by atoms with Gasteiger partial charge in [-0.25, -0.2) is 4.98 Å². The number of nitrogens with two attached hydrogens (primary N) is 1. The molecule has 0 spiro atoms. The van der Waals surface area contributed by atoms with Crippen LogP contribution in [0.25, 0.3) is 0 Å². The molecule has 0 fully saturated rings. The van der Waals surface area contributed by atoms with Gasteiger partial charge in [-0.05, 0) is 31.5 Å². The highest BCUT2D eigenvalue weighted by atomic mass is 19.4. The predicted octanol–water partition coefficient (Wildman–Crippen LogP) is 2.67. The zero-order chi connectivity index (χ0) is 13.6. The van der Waals surface area contributed by atoms with Crippen LogP contribution in [0.5, 0.6) is 0 Å². The lowest BCUT2D eigenvalue weighted by Gasteiger charge is -2.19. The zero-order valence-corrected chi connectivity index (χ0v) is 10.4. The Morgan fingerprint density at radius 1 is 1.28 bits per heavy atom. The van der Waals surface area contributed by atoms with E-state index in [0.717, 1.165) is 31.4 Å². The molecule has 0 aliphatic heterocycles. The van der Waals surface area contributed by atoms with E-state index in [4.69, 9.17) is 5.73 Å². The molecule has 0 aliphatic carbocycles. The molecule has 0 saturated carbocycles. The topological polar surface area (TPSA) is 42.1 Å². The van der Waals surface area contributed by atoms with Crippen LogP contribution in [0, 0.1) is 0 Å². The van der Waals surface area contributed by atoms with Gasteiger partial charge >= 0.3 is 6.18 Å². The summed E-state index contributed by atoms with van der Waals surface area (Å²) in [7, 11) is 1.74. The Labute approximate surface area is 105 Å². The van der Waals surface area contributed by atoms with Crippen molar-refractivity contribution in [2.45, 2.75) is 25.4 Å². The predicted molar refractivity (Wildman–Crippen MR) is 65.4 cm³/mol. The fourth-order valence-electron chi connectivity index (χ4n) is 1.59. The first kappa shape index (κ1) is 14.8. The zero-order valence-electron chi connectivity index (χ0n) is 10.4. The first-order chi connectivity index (χ1) is 8.45. The number of rotatable bonds is 6. The first-order valence-electron chi connectivity index (χ1n) is 5.89. The third-order valence-corrected chi connectivity index (χ3v) is 2.66. The summed E-state index contributed by atoms with van der Waals surface area (Å²) in [5.41, 5.74) is 4.71. The quantitative estimate of drug-likeness (QED) is 0.800. The number of aromatic nitrogens is 1. The van der Waals surface area contributed by atoms with Crippen LogP contribution in [-0.2, 0) is 6.18 Å². The Morgan fingerprint density at radius 3 is 2.61 bits per heavy atom. The lowest BCUT2D eigenvalue weighted by molar-refractivity contribution is -0.137. The van der Waals surface area contributed by atoms with Crippen molar-refractivity contribution in [3.05, 3.63) is 23.9 Å². The lowest BCUT2D eigenvalue weighted by atomic mass is 10.2. The van der Waals surface area contributed by atoms with Crippen molar-refractivity contribution in [2.24, 2.45) is 5.73 Å². The van der Waals surface area contributed by atoms with E-state index in [1.165, 1.54) is 6.20 Å². The molecule has 0 saturated heterocycles. The minimum atomic E-state index is -4.32. The third kappa shape index (κ3) is 4.52. The number of halogens is 3. The highest BCUT2D eigenvalue weighted by molar-refractivity contribution is 5.40. The van der Waals surface area contributed by atoms with Gasteiger partial charge in [0.2, 0.25) is 0 Å². The maximum Gasteiger partial charge on any atom is 0.416 e. The summed E-state index contributed by atoms with van der Waals surface area (Å²) in [6.45, 7) is 1.32. The van der Waals surface area contributed by atoms with Gasteiger partial charge in [-0.15, -0.1) is 0 Å². The maximum absolute atomic E-state index is 12.5. The molecule has 2 N–H and O–H groups in total. The number of nitrogens with zero attached hydrogens (tertiary/aromatic N) is 2. The molecule has 6 heteroatoms. The van der Waals surface area contributed by atoms with E-state index in [0.29, 0.717) is 18.9 Å². The largest absolute Gasteiger partial charge is 0.416 e. The first-order valence-corrected chi connectivity index (χ1v) is 5.89. The molecule has 0 radical (unpaired) electrons. The molecule has 0 unspecified atom stereocenters. The Morgan fingerprint density at radius 2 is 2.00 bits per heavy atom. The van der Waals surface area contributed by atoms with Crippen LogP contribution >= 0.6 is 0 Å². The van der Waals surface area contributed by atoms with Crippen LogP contribution in [0.2, 0.25) is 0 Å². The highest BCUT2D eigenvalue weighted by Crippen LogP contribution is 2.30. The van der Waals surface area contributed by atoms with Crippen LogP contribution in [-0.4, -0.2) is 25.1 Å². The molecule has 3 nitrogen and oxygen atoms in total. The number of anilines is 1. The van der Waals surface area contributed by atoms with Gasteiger partial charge in [0, 0.05) is 19.8 Å². The van der Waals surface area contributed by atoms with Gasteiger partial charge in [0.15, 0.2) is 0 Å². The van der Waals surface area contributed by atoms with Crippen molar-refractivity contribution in [1.82, 2.24) is 4.98 Å². The van der Waals surface area contributed by atoms with Crippen molar-refractivity contribution in [3.63, 3.8) is 0 Å². The molecule has 0 atom stereocenters. The van der Waals surface area contributed by atoms with E-state index in [2.05, 4.69) is 4.98 Å². The molecule has 0 aliphatic rings. The van der Waals surface area contributed by atoms with E-state index in [1.807, 2.05) is 0 Å². The highest BCUT2D eigenvalue weighted by Gasteiger charge is 2.30. The monoisotopic (exact) mass is 261 g/mol. The summed E-state index contributed by atoms with van der Waals surface area (Å²) in [5, 5.41) is 0. The third-order valence-electron chi connectivity index (χ3n) is 2.66. The average Bonchev–Trinajstić information content (AvgIpc) is 2.33. The molecule has 1 aromatic rings. The van der Waals surface area contributed by atoms with Crippen molar-refractivity contribution < 1.29 is 13.2 Å². The van der Waals surface area contributed by atoms with Crippen molar-refractivity contribution in [1.29, 1.82) is 0 Å². The van der Waals surface area contributed by atoms with Crippen molar-refractivity contribution >= 4 is 5.82 Å². The van der Waals surface area contributed by atoms with Crippen LogP contribution in [0.15, 0.2) is 18.3 Å². The summed E-state index contributed by atoms with van der Waals surface area (Å²) in [6, 6.07) is 2.05. The number of hydrogen-bond acceptors (Lipinski definition) is 3. The van der Waals surface area contributed by atoms with Gasteiger partial charge in [0.05, 0.1) is 5.56 Å². The molecule has 0 aromatic carbocycles.